The van der Waals surface area contributed by atoms with E-state index in [4.69, 9.17) is 25.8 Å². The van der Waals surface area contributed by atoms with Gasteiger partial charge in [0.15, 0.2) is 5.82 Å². The molecular weight excluding hydrogens is 560 g/mol. The maximum atomic E-state index is 12.0. The number of amides is 1. The van der Waals surface area contributed by atoms with Crippen molar-refractivity contribution in [3.05, 3.63) is 90.1 Å². The van der Waals surface area contributed by atoms with Gasteiger partial charge in [-0.2, -0.15) is 4.98 Å². The van der Waals surface area contributed by atoms with Gasteiger partial charge in [0.2, 0.25) is 17.6 Å². The van der Waals surface area contributed by atoms with Gasteiger partial charge in [-0.15, -0.1) is 0 Å². The summed E-state index contributed by atoms with van der Waals surface area (Å²) in [6, 6.07) is 12.8. The molecule has 1 aliphatic rings. The summed E-state index contributed by atoms with van der Waals surface area (Å²) in [7, 11) is 3.49. The standard InChI is InChI=1S/C29H31ClN8O4/c1-4-26(39)34-19-9-10-20(29(40-3)18-31-12-14-42-29)23(15-19)36-28-33-16-21(30)27(37-28)35-22-7-5-6-8-24(22)41-17-25-32-11-13-38(25)2/h4-11,13,15-16,31H,1,12,14,17-18H2,2-3H3,(H,34,39)(H2,33,35,36,37). The molecule has 0 radical (unpaired) electrons. The summed E-state index contributed by atoms with van der Waals surface area (Å²) in [6.07, 6.45) is 6.27. The molecule has 13 heteroatoms. The number of carbonyl (C=O) groups excluding carboxylic acids is 1. The van der Waals surface area contributed by atoms with Crippen LogP contribution in [0, 0.1) is 0 Å². The van der Waals surface area contributed by atoms with Crippen molar-refractivity contribution in [2.45, 2.75) is 12.4 Å². The van der Waals surface area contributed by atoms with Crippen LogP contribution in [0.15, 0.2) is 73.7 Å². The van der Waals surface area contributed by atoms with Crippen molar-refractivity contribution in [2.24, 2.45) is 7.05 Å². The highest BCUT2D eigenvalue weighted by Gasteiger charge is 2.38. The van der Waals surface area contributed by atoms with E-state index in [1.165, 1.54) is 12.3 Å². The van der Waals surface area contributed by atoms with E-state index in [1.54, 1.807) is 25.4 Å². The molecule has 1 atom stereocenters. The van der Waals surface area contributed by atoms with Gasteiger partial charge in [-0.1, -0.05) is 30.3 Å². The normalized spacial score (nSPS) is 16.5. The van der Waals surface area contributed by atoms with Gasteiger partial charge in [0.1, 0.15) is 23.2 Å². The molecule has 1 unspecified atom stereocenters. The van der Waals surface area contributed by atoms with Gasteiger partial charge in [0.05, 0.1) is 30.7 Å². The first-order valence-electron chi connectivity index (χ1n) is 13.1. The molecular formula is C29H31ClN8O4. The number of benzene rings is 2. The molecule has 0 bridgehead atoms. The van der Waals surface area contributed by atoms with Gasteiger partial charge in [0, 0.05) is 44.3 Å². The Morgan fingerprint density at radius 3 is 2.83 bits per heavy atom. The van der Waals surface area contributed by atoms with Crippen molar-refractivity contribution < 1.29 is 19.0 Å². The minimum atomic E-state index is -1.07. The fourth-order valence-electron chi connectivity index (χ4n) is 4.39. The van der Waals surface area contributed by atoms with E-state index in [0.29, 0.717) is 58.9 Å². The Kier molecular flexibility index (Phi) is 8.98. The van der Waals surface area contributed by atoms with Crippen LogP contribution in [0.2, 0.25) is 5.02 Å². The molecule has 4 N–H and O–H groups in total. The Morgan fingerprint density at radius 2 is 2.10 bits per heavy atom. The van der Waals surface area contributed by atoms with E-state index >= 15 is 0 Å². The third kappa shape index (κ3) is 6.52. The number of para-hydroxylation sites is 2. The number of carbonyl (C=O) groups is 1. The van der Waals surface area contributed by atoms with Crippen LogP contribution in [0.25, 0.3) is 0 Å². The number of ether oxygens (including phenoxy) is 3. The van der Waals surface area contributed by atoms with Gasteiger partial charge in [0.25, 0.3) is 0 Å². The SMILES string of the molecule is C=CC(=O)Nc1ccc(C2(OC)CNCCO2)c(Nc2ncc(Cl)c(Nc3ccccc3OCc3nccn3C)n2)c1. The fraction of sp³-hybridized carbons (Fsp3) is 0.241. The lowest BCUT2D eigenvalue weighted by molar-refractivity contribution is -0.240. The Hall–Kier alpha value is -4.49. The number of hydrogen-bond donors (Lipinski definition) is 4. The Bertz CT molecular complexity index is 1570. The highest BCUT2D eigenvalue weighted by molar-refractivity contribution is 6.33. The predicted molar refractivity (Wildman–Crippen MR) is 160 cm³/mol. The first-order valence-corrected chi connectivity index (χ1v) is 13.5. The molecule has 0 aliphatic carbocycles. The number of aromatic nitrogens is 4. The predicted octanol–water partition coefficient (Wildman–Crippen LogP) is 4.47. The molecule has 0 saturated carbocycles. The number of aryl methyl sites for hydroxylation is 1. The van der Waals surface area contributed by atoms with Crippen LogP contribution in [-0.4, -0.2) is 52.2 Å². The highest BCUT2D eigenvalue weighted by atomic mass is 35.5. The molecule has 1 aliphatic heterocycles. The fourth-order valence-corrected chi connectivity index (χ4v) is 4.53. The van der Waals surface area contributed by atoms with Gasteiger partial charge in [-0.3, -0.25) is 4.79 Å². The zero-order valence-corrected chi connectivity index (χ0v) is 23.9. The van der Waals surface area contributed by atoms with Gasteiger partial charge >= 0.3 is 0 Å². The molecule has 1 fully saturated rings. The lowest BCUT2D eigenvalue weighted by Gasteiger charge is -2.37. The van der Waals surface area contributed by atoms with Crippen LogP contribution >= 0.6 is 11.6 Å². The van der Waals surface area contributed by atoms with Crippen LogP contribution in [-0.2, 0) is 33.7 Å². The molecule has 1 saturated heterocycles. The molecule has 218 valence electrons. The number of rotatable bonds is 11. The summed E-state index contributed by atoms with van der Waals surface area (Å²) in [5, 5.41) is 12.9. The molecule has 12 nitrogen and oxygen atoms in total. The molecule has 0 spiro atoms. The van der Waals surface area contributed by atoms with E-state index < -0.39 is 5.79 Å². The van der Waals surface area contributed by atoms with E-state index in [1.807, 2.05) is 48.1 Å². The van der Waals surface area contributed by atoms with Crippen molar-refractivity contribution in [2.75, 3.05) is 42.8 Å². The van der Waals surface area contributed by atoms with Crippen molar-refractivity contribution >= 4 is 46.3 Å². The average Bonchev–Trinajstić information content (AvgIpc) is 3.43. The zero-order chi connectivity index (χ0) is 29.5. The largest absolute Gasteiger partial charge is 0.484 e. The summed E-state index contributed by atoms with van der Waals surface area (Å²) in [5.74, 6) is 0.571. The van der Waals surface area contributed by atoms with Gasteiger partial charge < -0.3 is 40.0 Å². The summed E-state index contributed by atoms with van der Waals surface area (Å²) in [6.45, 7) is 5.37. The van der Waals surface area contributed by atoms with E-state index in [-0.39, 0.29) is 18.5 Å². The zero-order valence-electron chi connectivity index (χ0n) is 23.2. The lowest BCUT2D eigenvalue weighted by Crippen LogP contribution is -2.49. The molecule has 5 rings (SSSR count). The topological polar surface area (TPSA) is 136 Å². The molecule has 2 aromatic carbocycles. The van der Waals surface area contributed by atoms with Gasteiger partial charge in [-0.25, -0.2) is 9.97 Å². The number of imidazole rings is 1. The number of anilines is 5. The number of methoxy groups -OCH3 is 1. The summed E-state index contributed by atoms with van der Waals surface area (Å²) >= 11 is 6.50. The van der Waals surface area contributed by atoms with Crippen LogP contribution in [0.1, 0.15) is 11.4 Å². The Balaban J connectivity index is 1.43. The molecule has 3 heterocycles. The van der Waals surface area contributed by atoms with Crippen LogP contribution < -0.4 is 26.0 Å². The van der Waals surface area contributed by atoms with E-state index in [2.05, 4.69) is 42.8 Å². The van der Waals surface area contributed by atoms with Gasteiger partial charge in [-0.05, 0) is 36.4 Å². The third-order valence-corrected chi connectivity index (χ3v) is 6.87. The van der Waals surface area contributed by atoms with Crippen molar-refractivity contribution in [3.63, 3.8) is 0 Å². The summed E-state index contributed by atoms with van der Waals surface area (Å²) < 4.78 is 19.9. The molecule has 4 aromatic rings. The number of nitrogens with zero attached hydrogens (tertiary/aromatic N) is 4. The number of halogens is 1. The van der Waals surface area contributed by atoms with E-state index in [0.717, 1.165) is 5.82 Å². The minimum Gasteiger partial charge on any atom is -0.484 e. The second-order valence-electron chi connectivity index (χ2n) is 9.32. The van der Waals surface area contributed by atoms with Crippen molar-refractivity contribution in [1.82, 2.24) is 24.8 Å². The number of nitrogens with one attached hydrogen (secondary N) is 4. The Labute approximate surface area is 248 Å². The second kappa shape index (κ2) is 13.0. The van der Waals surface area contributed by atoms with Crippen LogP contribution in [0.3, 0.4) is 0 Å². The monoisotopic (exact) mass is 590 g/mol. The first-order chi connectivity index (χ1) is 20.4. The highest BCUT2D eigenvalue weighted by Crippen LogP contribution is 2.37. The Morgan fingerprint density at radius 1 is 1.24 bits per heavy atom. The maximum absolute atomic E-state index is 12.0. The second-order valence-corrected chi connectivity index (χ2v) is 9.72. The molecule has 2 aromatic heterocycles. The summed E-state index contributed by atoms with van der Waals surface area (Å²) in [5.41, 5.74) is 2.45. The number of morpholine rings is 1. The molecule has 1 amide bonds. The summed E-state index contributed by atoms with van der Waals surface area (Å²) in [4.78, 5) is 25.3. The lowest BCUT2D eigenvalue weighted by atomic mass is 10.0. The molecule has 42 heavy (non-hydrogen) atoms. The van der Waals surface area contributed by atoms with Crippen LogP contribution in [0.4, 0.5) is 28.8 Å². The minimum absolute atomic E-state index is 0.247. The van der Waals surface area contributed by atoms with E-state index in [9.17, 15) is 4.79 Å². The first kappa shape index (κ1) is 29.0. The average molecular weight is 591 g/mol. The maximum Gasteiger partial charge on any atom is 0.247 e. The van der Waals surface area contributed by atoms with Crippen LogP contribution in [0.5, 0.6) is 5.75 Å². The quantitative estimate of drug-likeness (QED) is 0.185. The van der Waals surface area contributed by atoms with Crippen molar-refractivity contribution in [3.8, 4) is 5.75 Å². The number of hydrogen-bond acceptors (Lipinski definition) is 10. The van der Waals surface area contributed by atoms with Crippen molar-refractivity contribution in [1.29, 1.82) is 0 Å². The third-order valence-electron chi connectivity index (χ3n) is 6.59. The smallest absolute Gasteiger partial charge is 0.247 e.